The van der Waals surface area contributed by atoms with Crippen LogP contribution in [0.3, 0.4) is 0 Å². The number of benzene rings is 1. The van der Waals surface area contributed by atoms with Crippen molar-refractivity contribution in [2.75, 3.05) is 38.1 Å². The number of aromatic nitrogens is 1. The van der Waals surface area contributed by atoms with Gasteiger partial charge in [0.25, 0.3) is 0 Å². The number of carbonyl (C=O) groups excluding carboxylic acids is 1. The molecule has 0 saturated carbocycles. The highest BCUT2D eigenvalue weighted by Gasteiger charge is 2.47. The molecule has 1 aromatic carbocycles. The monoisotopic (exact) mass is 456 g/mol. The number of para-hydroxylation sites is 1. The number of amides is 1. The Bertz CT molecular complexity index is 895. The smallest absolute Gasteiger partial charge is 0.475 e. The minimum Gasteiger partial charge on any atom is -0.475 e. The number of piperazine rings is 1. The Balaban J connectivity index is 0.000000339. The molecule has 7 nitrogen and oxygen atoms in total. The van der Waals surface area contributed by atoms with E-state index in [1.165, 1.54) is 5.01 Å². The quantitative estimate of drug-likeness (QED) is 0.766. The number of aliphatic carboxylic acids is 1. The molecule has 168 valence electrons. The number of hydrogen-bond donors (Lipinski definition) is 1. The van der Waals surface area contributed by atoms with Gasteiger partial charge in [-0.15, -0.1) is 11.3 Å². The summed E-state index contributed by atoms with van der Waals surface area (Å²) in [4.78, 5) is 32.5. The number of anilines is 1. The van der Waals surface area contributed by atoms with Crippen molar-refractivity contribution in [2.24, 2.45) is 0 Å². The Morgan fingerprint density at radius 3 is 2.52 bits per heavy atom. The summed E-state index contributed by atoms with van der Waals surface area (Å²) in [6.07, 6.45) is -2.13. The zero-order valence-electron chi connectivity index (χ0n) is 16.9. The Morgan fingerprint density at radius 2 is 1.94 bits per heavy atom. The summed E-state index contributed by atoms with van der Waals surface area (Å²) >= 11 is 1.71. The molecule has 1 unspecified atom stereocenters. The van der Waals surface area contributed by atoms with Gasteiger partial charge in [-0.2, -0.15) is 13.2 Å². The predicted octanol–water partition coefficient (Wildman–Crippen LogP) is 2.70. The lowest BCUT2D eigenvalue weighted by Crippen LogP contribution is -2.64. The van der Waals surface area contributed by atoms with Crippen molar-refractivity contribution in [2.45, 2.75) is 24.7 Å². The highest BCUT2D eigenvalue weighted by atomic mass is 32.1. The van der Waals surface area contributed by atoms with Gasteiger partial charge in [-0.3, -0.25) is 14.6 Å². The van der Waals surface area contributed by atoms with E-state index in [0.717, 1.165) is 38.3 Å². The highest BCUT2D eigenvalue weighted by Crippen LogP contribution is 2.34. The number of alkyl halides is 3. The number of nitrogens with zero attached hydrogens (tertiary/aromatic N) is 4. The van der Waals surface area contributed by atoms with E-state index in [2.05, 4.69) is 21.8 Å². The maximum atomic E-state index is 12.5. The second-order valence-electron chi connectivity index (χ2n) is 7.59. The maximum absolute atomic E-state index is 12.5. The molecule has 1 amide bonds. The van der Waals surface area contributed by atoms with Gasteiger partial charge in [-0.25, -0.2) is 9.78 Å². The average molecular weight is 456 g/mol. The van der Waals surface area contributed by atoms with E-state index in [4.69, 9.17) is 9.90 Å². The molecule has 2 aliphatic heterocycles. The molecule has 1 N–H and O–H groups in total. The first-order chi connectivity index (χ1) is 14.6. The first-order valence-electron chi connectivity index (χ1n) is 9.58. The summed E-state index contributed by atoms with van der Waals surface area (Å²) < 4.78 is 31.7. The van der Waals surface area contributed by atoms with Gasteiger partial charge in [0.15, 0.2) is 0 Å². The van der Waals surface area contributed by atoms with Crippen LogP contribution in [0.2, 0.25) is 0 Å². The first kappa shape index (κ1) is 23.2. The Morgan fingerprint density at radius 1 is 1.26 bits per heavy atom. The Kier molecular flexibility index (Phi) is 6.97. The van der Waals surface area contributed by atoms with E-state index < -0.39 is 12.1 Å². The fourth-order valence-electron chi connectivity index (χ4n) is 3.84. The molecule has 0 aliphatic carbocycles. The molecule has 1 aromatic heterocycles. The molecule has 2 saturated heterocycles. The lowest BCUT2D eigenvalue weighted by atomic mass is 9.92. The fourth-order valence-corrected chi connectivity index (χ4v) is 4.50. The molecule has 4 rings (SSSR count). The van der Waals surface area contributed by atoms with Crippen LogP contribution in [0.5, 0.6) is 0 Å². The van der Waals surface area contributed by atoms with Crippen LogP contribution in [0.25, 0.3) is 0 Å². The van der Waals surface area contributed by atoms with Gasteiger partial charge in [-0.1, -0.05) is 18.2 Å². The van der Waals surface area contributed by atoms with E-state index in [1.54, 1.807) is 11.3 Å². The minimum atomic E-state index is -5.08. The number of halogens is 3. The SMILES string of the molecule is CN1CC(=O)N(c2ccccc2)CC12CCN(Cc1nccs1)C2.O=C(O)C(F)(F)F. The van der Waals surface area contributed by atoms with E-state index in [-0.39, 0.29) is 11.4 Å². The lowest BCUT2D eigenvalue weighted by Gasteiger charge is -2.47. The van der Waals surface area contributed by atoms with Gasteiger partial charge < -0.3 is 10.0 Å². The second-order valence-corrected chi connectivity index (χ2v) is 8.56. The Labute approximate surface area is 181 Å². The van der Waals surface area contributed by atoms with Crippen molar-refractivity contribution in [1.29, 1.82) is 0 Å². The molecule has 2 aromatic rings. The number of carboxylic acid groups (broad SMARTS) is 1. The van der Waals surface area contributed by atoms with Crippen LogP contribution in [-0.4, -0.2) is 76.7 Å². The predicted molar refractivity (Wildman–Crippen MR) is 110 cm³/mol. The number of carbonyl (C=O) groups is 2. The van der Waals surface area contributed by atoms with Gasteiger partial charge in [-0.05, 0) is 25.6 Å². The van der Waals surface area contributed by atoms with Gasteiger partial charge in [0.05, 0.1) is 18.6 Å². The number of hydrogen-bond acceptors (Lipinski definition) is 6. The molecule has 3 heterocycles. The molecule has 11 heteroatoms. The first-order valence-corrected chi connectivity index (χ1v) is 10.5. The topological polar surface area (TPSA) is 77.0 Å². The van der Waals surface area contributed by atoms with Crippen LogP contribution in [0.4, 0.5) is 18.9 Å². The fraction of sp³-hybridized carbons (Fsp3) is 0.450. The summed E-state index contributed by atoms with van der Waals surface area (Å²) in [6, 6.07) is 10.0. The van der Waals surface area contributed by atoms with Crippen molar-refractivity contribution < 1.29 is 27.9 Å². The van der Waals surface area contributed by atoms with Crippen molar-refractivity contribution >= 4 is 28.9 Å². The third-order valence-corrected chi connectivity index (χ3v) is 6.26. The Hall–Kier alpha value is -2.50. The second kappa shape index (κ2) is 9.33. The molecular formula is C20H23F3N4O3S. The van der Waals surface area contributed by atoms with Crippen molar-refractivity contribution in [3.05, 3.63) is 46.9 Å². The van der Waals surface area contributed by atoms with Crippen LogP contribution in [-0.2, 0) is 16.1 Å². The van der Waals surface area contributed by atoms with Crippen LogP contribution in [0, 0.1) is 0 Å². The van der Waals surface area contributed by atoms with E-state index in [0.29, 0.717) is 6.54 Å². The molecule has 1 atom stereocenters. The van der Waals surface area contributed by atoms with Crippen LogP contribution in [0.15, 0.2) is 41.9 Å². The number of rotatable bonds is 3. The van der Waals surface area contributed by atoms with E-state index >= 15 is 0 Å². The lowest BCUT2D eigenvalue weighted by molar-refractivity contribution is -0.192. The average Bonchev–Trinajstić information content (AvgIpc) is 3.36. The molecule has 2 aliphatic rings. The molecule has 31 heavy (non-hydrogen) atoms. The van der Waals surface area contributed by atoms with E-state index in [1.807, 2.05) is 46.8 Å². The number of thiazole rings is 1. The van der Waals surface area contributed by atoms with Crippen molar-refractivity contribution in [3.63, 3.8) is 0 Å². The largest absolute Gasteiger partial charge is 0.490 e. The zero-order chi connectivity index (χ0) is 22.6. The molecule has 0 radical (unpaired) electrons. The summed E-state index contributed by atoms with van der Waals surface area (Å²) in [5.41, 5.74) is 1.05. The third-order valence-electron chi connectivity index (χ3n) is 5.50. The molecule has 2 fully saturated rings. The number of carboxylic acids is 1. The summed E-state index contributed by atoms with van der Waals surface area (Å²) in [6.45, 7) is 4.20. The van der Waals surface area contributed by atoms with Gasteiger partial charge in [0, 0.05) is 36.9 Å². The number of likely N-dealkylation sites (N-methyl/N-ethyl adjacent to an activating group) is 1. The maximum Gasteiger partial charge on any atom is 0.490 e. The van der Waals surface area contributed by atoms with Gasteiger partial charge in [0.2, 0.25) is 5.91 Å². The number of likely N-dealkylation sites (tertiary alicyclic amines) is 1. The molecule has 0 bridgehead atoms. The van der Waals surface area contributed by atoms with E-state index in [9.17, 15) is 18.0 Å². The minimum absolute atomic E-state index is 0.0427. The van der Waals surface area contributed by atoms with Crippen molar-refractivity contribution in [3.8, 4) is 0 Å². The van der Waals surface area contributed by atoms with Crippen LogP contribution >= 0.6 is 11.3 Å². The summed E-state index contributed by atoms with van der Waals surface area (Å²) in [5.74, 6) is -2.57. The summed E-state index contributed by atoms with van der Waals surface area (Å²) in [7, 11) is 2.09. The van der Waals surface area contributed by atoms with Crippen LogP contribution in [0.1, 0.15) is 11.4 Å². The van der Waals surface area contributed by atoms with Gasteiger partial charge >= 0.3 is 12.1 Å². The molecular weight excluding hydrogens is 433 g/mol. The van der Waals surface area contributed by atoms with Crippen molar-refractivity contribution in [1.82, 2.24) is 14.8 Å². The normalized spacial score (nSPS) is 22.5. The summed E-state index contributed by atoms with van der Waals surface area (Å²) in [5, 5.41) is 10.3. The molecule has 1 spiro atoms. The van der Waals surface area contributed by atoms with Crippen LogP contribution < -0.4 is 4.90 Å². The zero-order valence-corrected chi connectivity index (χ0v) is 17.7. The highest BCUT2D eigenvalue weighted by molar-refractivity contribution is 7.09. The third kappa shape index (κ3) is 5.60. The van der Waals surface area contributed by atoms with Gasteiger partial charge in [0.1, 0.15) is 5.01 Å². The standard InChI is InChI=1S/C18H22N4OS.C2HF3O2/c1-20-12-17(23)22(15-5-3-2-4-6-15)14-18(20)7-9-21(13-18)11-16-19-8-10-24-16;3-2(4,5)1(6)7/h2-6,8,10H,7,9,11-14H2,1H3;(H,6,7).